The molecule has 2 heterocycles. The Balaban J connectivity index is 2.15. The van der Waals surface area contributed by atoms with Crippen LogP contribution in [0, 0.1) is 0 Å². The fraction of sp³-hybridized carbons (Fsp3) is 0.118. The Kier molecular flexibility index (Phi) is 3.70. The molecule has 0 atom stereocenters. The van der Waals surface area contributed by atoms with Crippen LogP contribution in [0.2, 0.25) is 0 Å². The molecule has 3 aromatic rings. The van der Waals surface area contributed by atoms with Crippen LogP contribution in [0.4, 0.5) is 0 Å². The number of ether oxygens (including phenoxy) is 1. The van der Waals surface area contributed by atoms with Gasteiger partial charge in [0.25, 0.3) is 5.91 Å². The second kappa shape index (κ2) is 5.81. The molecular formula is C17H14N2O3. The molecule has 5 nitrogen and oxygen atoms in total. The summed E-state index contributed by atoms with van der Waals surface area (Å²) in [6.07, 6.45) is 3.08. The van der Waals surface area contributed by atoms with Crippen molar-refractivity contribution in [2.24, 2.45) is 0 Å². The monoisotopic (exact) mass is 294 g/mol. The minimum Gasteiger partial charge on any atom is -0.462 e. The van der Waals surface area contributed by atoms with Crippen molar-refractivity contribution in [1.82, 2.24) is 9.55 Å². The van der Waals surface area contributed by atoms with E-state index < -0.39 is 5.97 Å². The summed E-state index contributed by atoms with van der Waals surface area (Å²) >= 11 is 0. The van der Waals surface area contributed by atoms with Gasteiger partial charge in [0, 0.05) is 23.3 Å². The van der Waals surface area contributed by atoms with E-state index in [4.69, 9.17) is 4.74 Å². The van der Waals surface area contributed by atoms with Gasteiger partial charge in [-0.15, -0.1) is 0 Å². The fourth-order valence-electron chi connectivity index (χ4n) is 2.31. The molecule has 0 unspecified atom stereocenters. The van der Waals surface area contributed by atoms with Crippen molar-refractivity contribution >= 4 is 22.9 Å². The van der Waals surface area contributed by atoms with Crippen LogP contribution >= 0.6 is 0 Å². The molecule has 0 aliphatic rings. The van der Waals surface area contributed by atoms with Crippen LogP contribution < -0.4 is 0 Å². The molecule has 0 amide bonds. The van der Waals surface area contributed by atoms with Gasteiger partial charge in [0.05, 0.1) is 12.2 Å². The van der Waals surface area contributed by atoms with Crippen LogP contribution in [-0.2, 0) is 4.74 Å². The zero-order chi connectivity index (χ0) is 15.5. The third kappa shape index (κ3) is 2.37. The smallest absolute Gasteiger partial charge is 0.340 e. The van der Waals surface area contributed by atoms with Gasteiger partial charge in [-0.2, -0.15) is 0 Å². The van der Waals surface area contributed by atoms with Gasteiger partial charge in [0.15, 0.2) is 0 Å². The lowest BCUT2D eigenvalue weighted by Crippen LogP contribution is -2.11. The highest BCUT2D eigenvalue weighted by atomic mass is 16.5. The lowest BCUT2D eigenvalue weighted by molar-refractivity contribution is 0.0528. The number of fused-ring (bicyclic) bond motifs is 1. The Bertz CT molecular complexity index is 837. The number of esters is 1. The average molecular weight is 294 g/mol. The van der Waals surface area contributed by atoms with Crippen LogP contribution in [0.25, 0.3) is 11.0 Å². The van der Waals surface area contributed by atoms with Crippen molar-refractivity contribution in [3.8, 4) is 0 Å². The van der Waals surface area contributed by atoms with Gasteiger partial charge in [-0.3, -0.25) is 9.36 Å². The lowest BCUT2D eigenvalue weighted by atomic mass is 10.2. The maximum Gasteiger partial charge on any atom is 0.340 e. The molecule has 3 rings (SSSR count). The summed E-state index contributed by atoms with van der Waals surface area (Å²) in [5.41, 5.74) is 1.31. The molecule has 0 aliphatic heterocycles. The van der Waals surface area contributed by atoms with Crippen molar-refractivity contribution in [2.45, 2.75) is 6.92 Å². The zero-order valence-electron chi connectivity index (χ0n) is 12.0. The molecule has 2 aromatic heterocycles. The van der Waals surface area contributed by atoms with Gasteiger partial charge >= 0.3 is 5.97 Å². The predicted molar refractivity (Wildman–Crippen MR) is 81.9 cm³/mol. The second-order valence-electron chi connectivity index (χ2n) is 4.68. The normalized spacial score (nSPS) is 10.6. The number of carbonyl (C=O) groups excluding carboxylic acids is 2. The van der Waals surface area contributed by atoms with E-state index >= 15 is 0 Å². The minimum atomic E-state index is -0.458. The summed E-state index contributed by atoms with van der Waals surface area (Å²) in [6, 6.07) is 12.3. The van der Waals surface area contributed by atoms with Crippen molar-refractivity contribution in [2.75, 3.05) is 6.61 Å². The molecular weight excluding hydrogens is 280 g/mol. The molecule has 5 heteroatoms. The van der Waals surface area contributed by atoms with E-state index in [1.807, 2.05) is 6.07 Å². The van der Waals surface area contributed by atoms with E-state index in [2.05, 4.69) is 4.98 Å². The van der Waals surface area contributed by atoms with E-state index in [1.165, 1.54) is 10.8 Å². The first kappa shape index (κ1) is 14.0. The quantitative estimate of drug-likeness (QED) is 0.697. The average Bonchev–Trinajstić information content (AvgIpc) is 2.95. The number of benzene rings is 1. The summed E-state index contributed by atoms with van der Waals surface area (Å²) < 4.78 is 6.43. The summed E-state index contributed by atoms with van der Waals surface area (Å²) in [7, 11) is 0. The topological polar surface area (TPSA) is 61.2 Å². The molecule has 1 aromatic carbocycles. The molecule has 110 valence electrons. The molecule has 0 spiro atoms. The fourth-order valence-corrected chi connectivity index (χ4v) is 2.31. The minimum absolute atomic E-state index is 0.236. The number of nitrogens with zero attached hydrogens (tertiary/aromatic N) is 2. The Morgan fingerprint density at radius 3 is 2.64 bits per heavy atom. The second-order valence-corrected chi connectivity index (χ2v) is 4.68. The van der Waals surface area contributed by atoms with Crippen LogP contribution in [-0.4, -0.2) is 28.0 Å². The Morgan fingerprint density at radius 2 is 1.91 bits per heavy atom. The third-order valence-electron chi connectivity index (χ3n) is 3.30. The van der Waals surface area contributed by atoms with Gasteiger partial charge in [0.2, 0.25) is 0 Å². The highest BCUT2D eigenvalue weighted by Gasteiger charge is 2.20. The third-order valence-corrected chi connectivity index (χ3v) is 3.30. The standard InChI is InChI=1S/C17H14N2O3/c1-2-22-17(21)14-11-19(15-13(14)9-6-10-18-15)16(20)12-7-4-3-5-8-12/h3-11H,2H2,1H3. The molecule has 0 N–H and O–H groups in total. The molecule has 22 heavy (non-hydrogen) atoms. The summed E-state index contributed by atoms with van der Waals surface area (Å²) in [5.74, 6) is -0.694. The summed E-state index contributed by atoms with van der Waals surface area (Å²) in [4.78, 5) is 28.9. The molecule has 0 aliphatic carbocycles. The highest BCUT2D eigenvalue weighted by molar-refractivity contribution is 6.08. The predicted octanol–water partition coefficient (Wildman–Crippen LogP) is 2.90. The van der Waals surface area contributed by atoms with E-state index in [0.717, 1.165) is 0 Å². The van der Waals surface area contributed by atoms with Crippen LogP contribution in [0.15, 0.2) is 54.9 Å². The van der Waals surface area contributed by atoms with Gasteiger partial charge in [-0.1, -0.05) is 18.2 Å². The molecule has 0 saturated heterocycles. The van der Waals surface area contributed by atoms with Crippen LogP contribution in [0.1, 0.15) is 27.6 Å². The number of carbonyl (C=O) groups is 2. The SMILES string of the molecule is CCOC(=O)c1cn(C(=O)c2ccccc2)c2ncccc12. The maximum atomic E-state index is 12.6. The Labute approximate surface area is 127 Å². The number of hydrogen-bond acceptors (Lipinski definition) is 4. The van der Waals surface area contributed by atoms with Gasteiger partial charge in [-0.25, -0.2) is 9.78 Å². The van der Waals surface area contributed by atoms with E-state index in [0.29, 0.717) is 22.2 Å². The van der Waals surface area contributed by atoms with Crippen molar-refractivity contribution in [1.29, 1.82) is 0 Å². The van der Waals surface area contributed by atoms with Crippen molar-refractivity contribution in [3.05, 3.63) is 66.0 Å². The van der Waals surface area contributed by atoms with Gasteiger partial charge < -0.3 is 4.74 Å². The largest absolute Gasteiger partial charge is 0.462 e. The molecule has 0 bridgehead atoms. The first-order chi connectivity index (χ1) is 10.7. The van der Waals surface area contributed by atoms with Crippen molar-refractivity contribution in [3.63, 3.8) is 0 Å². The Hall–Kier alpha value is -2.95. The number of aromatic nitrogens is 2. The van der Waals surface area contributed by atoms with Crippen LogP contribution in [0.3, 0.4) is 0 Å². The summed E-state index contributed by atoms with van der Waals surface area (Å²) in [6.45, 7) is 2.02. The zero-order valence-corrected chi connectivity index (χ0v) is 12.0. The molecule has 0 radical (unpaired) electrons. The maximum absolute atomic E-state index is 12.6. The van der Waals surface area contributed by atoms with E-state index in [9.17, 15) is 9.59 Å². The van der Waals surface area contributed by atoms with Gasteiger partial charge in [0.1, 0.15) is 5.65 Å². The van der Waals surface area contributed by atoms with E-state index in [-0.39, 0.29) is 12.5 Å². The number of rotatable bonds is 3. The molecule has 0 saturated carbocycles. The Morgan fingerprint density at radius 1 is 1.14 bits per heavy atom. The van der Waals surface area contributed by atoms with Gasteiger partial charge in [-0.05, 0) is 31.2 Å². The van der Waals surface area contributed by atoms with Crippen LogP contribution in [0.5, 0.6) is 0 Å². The molecule has 0 fully saturated rings. The first-order valence-corrected chi connectivity index (χ1v) is 6.95. The highest BCUT2D eigenvalue weighted by Crippen LogP contribution is 2.21. The summed E-state index contributed by atoms with van der Waals surface area (Å²) in [5, 5.41) is 0.602. The number of hydrogen-bond donors (Lipinski definition) is 0. The first-order valence-electron chi connectivity index (χ1n) is 6.95. The number of pyridine rings is 1. The lowest BCUT2D eigenvalue weighted by Gasteiger charge is -2.02. The van der Waals surface area contributed by atoms with Crippen molar-refractivity contribution < 1.29 is 14.3 Å². The van der Waals surface area contributed by atoms with E-state index in [1.54, 1.807) is 49.5 Å².